The zero-order chi connectivity index (χ0) is 10.7. The first-order chi connectivity index (χ1) is 6.52. The van der Waals surface area contributed by atoms with Gasteiger partial charge in [0.15, 0.2) is 0 Å². The highest BCUT2D eigenvalue weighted by molar-refractivity contribution is 6.30. The highest BCUT2D eigenvalue weighted by atomic mass is 16.4. The summed E-state index contributed by atoms with van der Waals surface area (Å²) < 4.78 is 0. The highest BCUT2D eigenvalue weighted by Crippen LogP contribution is 2.00. The van der Waals surface area contributed by atoms with Crippen LogP contribution in [-0.4, -0.2) is 53.9 Å². The van der Waals surface area contributed by atoms with Gasteiger partial charge in [-0.2, -0.15) is 0 Å². The van der Waals surface area contributed by atoms with Crippen LogP contribution in [-0.2, 0) is 9.59 Å². The summed E-state index contributed by atoms with van der Waals surface area (Å²) in [5, 5.41) is 10.2. The summed E-state index contributed by atoms with van der Waals surface area (Å²) in [4.78, 5) is 34.3. The lowest BCUT2D eigenvalue weighted by Crippen LogP contribution is -2.55. The number of carbonyl (C=O) groups excluding carboxylic acids is 3. The number of carboxylic acids is 1. The number of rotatable bonds is 0. The molecule has 0 bridgehead atoms. The van der Waals surface area contributed by atoms with Gasteiger partial charge >= 0.3 is 6.03 Å². The van der Waals surface area contributed by atoms with Crippen LogP contribution in [0.4, 0.5) is 4.79 Å². The van der Waals surface area contributed by atoms with Crippen molar-refractivity contribution >= 4 is 17.9 Å². The quantitative estimate of drug-likeness (QED) is 0.419. The zero-order valence-corrected chi connectivity index (χ0v) is 7.43. The predicted octanol–water partition coefficient (Wildman–Crippen LogP) is -3.04. The second-order valence-electron chi connectivity index (χ2n) is 2.90. The Morgan fingerprint density at radius 1 is 1.00 bits per heavy atom. The number of primary amides is 1. The van der Waals surface area contributed by atoms with Gasteiger partial charge in [0.25, 0.3) is 5.91 Å². The summed E-state index contributed by atoms with van der Waals surface area (Å²) in [6.07, 6.45) is 0. The van der Waals surface area contributed by atoms with E-state index < -0.39 is 17.9 Å². The van der Waals surface area contributed by atoms with Crippen molar-refractivity contribution in [3.8, 4) is 0 Å². The second kappa shape index (κ2) is 3.95. The van der Waals surface area contributed by atoms with Crippen LogP contribution >= 0.6 is 0 Å². The maximum Gasteiger partial charge on any atom is 0.314 e. The molecule has 7 heteroatoms. The summed E-state index contributed by atoms with van der Waals surface area (Å²) in [5.74, 6) is -2.77. The largest absolute Gasteiger partial charge is 0.540 e. The van der Waals surface area contributed by atoms with E-state index in [1.165, 1.54) is 4.90 Å². The Hall–Kier alpha value is -1.79. The molecule has 0 aliphatic carbocycles. The zero-order valence-electron chi connectivity index (χ0n) is 7.43. The molecule has 78 valence electrons. The minimum absolute atomic E-state index is 0.176. The van der Waals surface area contributed by atoms with Crippen LogP contribution in [0.25, 0.3) is 0 Å². The molecule has 0 unspecified atom stereocenters. The summed E-state index contributed by atoms with van der Waals surface area (Å²) in [7, 11) is 0. The SMILES string of the molecule is NC(=O)N1CCN(C(=O)C(=O)[O-])CC1. The van der Waals surface area contributed by atoms with Crippen molar-refractivity contribution in [3.63, 3.8) is 0 Å². The van der Waals surface area contributed by atoms with Crippen molar-refractivity contribution in [3.05, 3.63) is 0 Å². The Morgan fingerprint density at radius 2 is 1.43 bits per heavy atom. The Labute approximate surface area is 80.1 Å². The van der Waals surface area contributed by atoms with Gasteiger partial charge in [0, 0.05) is 26.2 Å². The highest BCUT2D eigenvalue weighted by Gasteiger charge is 2.22. The molecule has 0 aromatic carbocycles. The molecule has 0 radical (unpaired) electrons. The van der Waals surface area contributed by atoms with Crippen LogP contribution in [0, 0.1) is 0 Å². The minimum atomic E-state index is -1.72. The van der Waals surface area contributed by atoms with Gasteiger partial charge in [-0.3, -0.25) is 4.79 Å². The van der Waals surface area contributed by atoms with E-state index in [4.69, 9.17) is 5.73 Å². The molecule has 1 aliphatic heterocycles. The fourth-order valence-corrected chi connectivity index (χ4v) is 1.26. The third-order valence-electron chi connectivity index (χ3n) is 2.05. The third-order valence-corrected chi connectivity index (χ3v) is 2.05. The fourth-order valence-electron chi connectivity index (χ4n) is 1.26. The van der Waals surface area contributed by atoms with Crippen molar-refractivity contribution in [1.82, 2.24) is 9.80 Å². The number of amides is 3. The van der Waals surface area contributed by atoms with Gasteiger partial charge in [0.1, 0.15) is 5.97 Å². The number of nitrogens with zero attached hydrogens (tertiary/aromatic N) is 2. The Kier molecular flexibility index (Phi) is 2.90. The molecule has 1 fully saturated rings. The Balaban J connectivity index is 2.47. The van der Waals surface area contributed by atoms with Crippen LogP contribution in [0.1, 0.15) is 0 Å². The summed E-state index contributed by atoms with van der Waals surface area (Å²) in [6.45, 7) is 0.869. The van der Waals surface area contributed by atoms with Crippen LogP contribution in [0.3, 0.4) is 0 Å². The lowest BCUT2D eigenvalue weighted by atomic mass is 10.3. The molecule has 1 rings (SSSR count). The molecule has 0 saturated carbocycles. The first-order valence-corrected chi connectivity index (χ1v) is 4.07. The van der Waals surface area contributed by atoms with Gasteiger partial charge in [0.05, 0.1) is 0 Å². The Bertz CT molecular complexity index is 270. The number of hydrogen-bond acceptors (Lipinski definition) is 4. The number of carbonyl (C=O) groups is 3. The van der Waals surface area contributed by atoms with Crippen LogP contribution < -0.4 is 10.8 Å². The van der Waals surface area contributed by atoms with E-state index in [2.05, 4.69) is 0 Å². The van der Waals surface area contributed by atoms with E-state index in [1.54, 1.807) is 0 Å². The molecule has 0 aromatic rings. The normalized spacial score (nSPS) is 16.6. The molecule has 0 aromatic heterocycles. The maximum absolute atomic E-state index is 10.9. The first-order valence-electron chi connectivity index (χ1n) is 4.07. The van der Waals surface area contributed by atoms with E-state index in [-0.39, 0.29) is 26.2 Å². The van der Waals surface area contributed by atoms with Crippen LogP contribution in [0.15, 0.2) is 0 Å². The van der Waals surface area contributed by atoms with E-state index in [0.29, 0.717) is 0 Å². The van der Waals surface area contributed by atoms with Gasteiger partial charge in [-0.15, -0.1) is 0 Å². The van der Waals surface area contributed by atoms with Crippen molar-refractivity contribution in [2.75, 3.05) is 26.2 Å². The number of hydrogen-bond donors (Lipinski definition) is 1. The third kappa shape index (κ3) is 2.12. The molecular weight excluding hydrogens is 190 g/mol. The van der Waals surface area contributed by atoms with E-state index >= 15 is 0 Å². The number of urea groups is 1. The topological polar surface area (TPSA) is 107 Å². The van der Waals surface area contributed by atoms with Crippen LogP contribution in [0.5, 0.6) is 0 Å². The van der Waals surface area contributed by atoms with Crippen molar-refractivity contribution in [2.45, 2.75) is 0 Å². The average molecular weight is 200 g/mol. The molecule has 2 N–H and O–H groups in total. The molecule has 1 heterocycles. The van der Waals surface area contributed by atoms with Crippen molar-refractivity contribution < 1.29 is 19.5 Å². The molecule has 1 saturated heterocycles. The van der Waals surface area contributed by atoms with E-state index in [0.717, 1.165) is 4.90 Å². The minimum Gasteiger partial charge on any atom is -0.540 e. The number of piperazine rings is 1. The summed E-state index contributed by atoms with van der Waals surface area (Å²) >= 11 is 0. The summed E-state index contributed by atoms with van der Waals surface area (Å²) in [5.41, 5.74) is 5.00. The molecule has 1 aliphatic rings. The average Bonchev–Trinajstić information content (AvgIpc) is 2.16. The fraction of sp³-hybridized carbons (Fsp3) is 0.571. The second-order valence-corrected chi connectivity index (χ2v) is 2.90. The molecule has 0 atom stereocenters. The lowest BCUT2D eigenvalue weighted by molar-refractivity contribution is -0.301. The maximum atomic E-state index is 10.9. The molecular formula is C7H10N3O4-. The smallest absolute Gasteiger partial charge is 0.314 e. The van der Waals surface area contributed by atoms with Gasteiger partial charge < -0.3 is 25.4 Å². The van der Waals surface area contributed by atoms with Gasteiger partial charge in [-0.25, -0.2) is 4.79 Å². The van der Waals surface area contributed by atoms with Crippen LogP contribution in [0.2, 0.25) is 0 Å². The number of nitrogens with two attached hydrogens (primary N) is 1. The molecule has 7 nitrogen and oxygen atoms in total. The molecule has 0 spiro atoms. The van der Waals surface area contributed by atoms with Crippen molar-refractivity contribution in [1.29, 1.82) is 0 Å². The molecule has 3 amide bonds. The van der Waals surface area contributed by atoms with Crippen molar-refractivity contribution in [2.24, 2.45) is 5.73 Å². The van der Waals surface area contributed by atoms with E-state index in [9.17, 15) is 19.5 Å². The predicted molar refractivity (Wildman–Crippen MR) is 42.7 cm³/mol. The van der Waals surface area contributed by atoms with Gasteiger partial charge in [-0.05, 0) is 0 Å². The standard InChI is InChI=1S/C7H11N3O4/c8-7(14)10-3-1-9(2-4-10)5(11)6(12)13/h1-4H2,(H2,8,14)(H,12,13)/p-1. The monoisotopic (exact) mass is 200 g/mol. The van der Waals surface area contributed by atoms with E-state index in [1.807, 2.05) is 0 Å². The van der Waals surface area contributed by atoms with Gasteiger partial charge in [0.2, 0.25) is 0 Å². The first kappa shape index (κ1) is 10.3. The number of carboxylic acid groups (broad SMARTS) is 1. The Morgan fingerprint density at radius 3 is 1.79 bits per heavy atom. The van der Waals surface area contributed by atoms with Gasteiger partial charge in [-0.1, -0.05) is 0 Å². The lowest BCUT2D eigenvalue weighted by Gasteiger charge is -2.33. The summed E-state index contributed by atoms with van der Waals surface area (Å²) in [6, 6.07) is -0.564. The molecule has 14 heavy (non-hydrogen) atoms. The number of aliphatic carboxylic acids is 1.